The maximum Gasteiger partial charge on any atom is 0.634 e. The van der Waals surface area contributed by atoms with Crippen LogP contribution in [0.15, 0.2) is 0 Å². The van der Waals surface area contributed by atoms with Gasteiger partial charge in [0.05, 0.1) is 5.75 Å². The van der Waals surface area contributed by atoms with Crippen molar-refractivity contribution in [2.45, 2.75) is 6.04 Å². The fourth-order valence-electron chi connectivity index (χ4n) is 1.57. The Morgan fingerprint density at radius 1 is 0.737 bits per heavy atom. The van der Waals surface area contributed by atoms with Crippen molar-refractivity contribution in [3.8, 4) is 0 Å². The molecule has 0 radical (unpaired) electrons. The van der Waals surface area contributed by atoms with E-state index in [2.05, 4.69) is 0 Å². The molecule has 11 heteroatoms. The quantitative estimate of drug-likeness (QED) is 0.501. The number of hydrogen-bond acceptors (Lipinski definition) is 8. The van der Waals surface area contributed by atoms with Crippen LogP contribution in [0.5, 0.6) is 0 Å². The average Bonchev–Trinajstić information content (AvgIpc) is 2.43. The number of hydrogen-bond donors (Lipinski definition) is 0. The molecular weight excluding hydrogens is 312 g/mol. The monoisotopic (exact) mass is 334 g/mol. The molecule has 0 aromatic rings. The Labute approximate surface area is 116 Å². The van der Waals surface area contributed by atoms with Crippen molar-refractivity contribution in [3.05, 3.63) is 0 Å². The lowest BCUT2D eigenvalue weighted by atomic mass is 11.0. The molecule has 0 aliphatic heterocycles. The van der Waals surface area contributed by atoms with Gasteiger partial charge in [0.15, 0.2) is 0 Å². The van der Waals surface area contributed by atoms with Crippen molar-refractivity contribution in [2.75, 3.05) is 48.4 Å². The Morgan fingerprint density at radius 2 is 1.11 bits per heavy atom. The van der Waals surface area contributed by atoms with Crippen LogP contribution in [0, 0.1) is 0 Å². The van der Waals surface area contributed by atoms with Crippen molar-refractivity contribution < 1.29 is 35.0 Å². The van der Waals surface area contributed by atoms with Crippen LogP contribution in [-0.2, 0) is 35.8 Å². The van der Waals surface area contributed by atoms with Gasteiger partial charge in [-0.1, -0.05) is 0 Å². The minimum atomic E-state index is -3.76. The fraction of sp³-hybridized carbons (Fsp3) is 1.00. The van der Waals surface area contributed by atoms with Crippen LogP contribution in [0.1, 0.15) is 0 Å². The molecule has 0 amide bonds. The lowest BCUT2D eigenvalue weighted by molar-refractivity contribution is 0.125. The highest BCUT2D eigenvalue weighted by atomic mass is 32.4. The van der Waals surface area contributed by atoms with E-state index in [0.717, 1.165) is 0 Å². The van der Waals surface area contributed by atoms with Crippen molar-refractivity contribution >= 4 is 26.0 Å². The fourth-order valence-corrected chi connectivity index (χ4v) is 10.2. The second-order valence-corrected chi connectivity index (χ2v) is 13.8. The Bertz CT molecular complexity index is 335. The van der Waals surface area contributed by atoms with E-state index in [0.29, 0.717) is 0 Å². The molecule has 0 heterocycles. The smallest absolute Gasteiger partial charge is 0.377 e. The van der Waals surface area contributed by atoms with E-state index in [1.165, 1.54) is 42.7 Å². The van der Waals surface area contributed by atoms with Gasteiger partial charge in [0, 0.05) is 48.7 Å². The third kappa shape index (κ3) is 4.06. The molecule has 8 nitrogen and oxygen atoms in total. The Hall–Kier alpha value is 0.144. The molecule has 0 saturated carbocycles. The van der Waals surface area contributed by atoms with Crippen LogP contribution in [-0.4, -0.2) is 73.6 Å². The normalized spacial score (nSPS) is 13.8. The summed E-state index contributed by atoms with van der Waals surface area (Å²) >= 11 is 0. The van der Waals surface area contributed by atoms with E-state index < -0.39 is 26.0 Å². The molecule has 0 unspecified atom stereocenters. The summed E-state index contributed by atoms with van der Waals surface area (Å²) in [5.41, 5.74) is 0. The van der Waals surface area contributed by atoms with Gasteiger partial charge in [-0.15, -0.1) is 0 Å². The zero-order valence-electron chi connectivity index (χ0n) is 12.1. The van der Waals surface area contributed by atoms with Gasteiger partial charge in [-0.2, -0.15) is 0 Å². The minimum absolute atomic E-state index is 0.0870. The minimum Gasteiger partial charge on any atom is -0.377 e. The Balaban J connectivity index is 5.06. The molecule has 0 atom stereocenters. The summed E-state index contributed by atoms with van der Waals surface area (Å²) in [6.07, 6.45) is 0. The average molecular weight is 334 g/mol. The Kier molecular flexibility index (Phi) is 7.86. The van der Waals surface area contributed by atoms with E-state index >= 15 is 0 Å². The summed E-state index contributed by atoms with van der Waals surface area (Å²) in [4.78, 5) is 0. The summed E-state index contributed by atoms with van der Waals surface area (Å²) in [5, 5.41) is 0. The first-order valence-electron chi connectivity index (χ1n) is 5.35. The van der Waals surface area contributed by atoms with Gasteiger partial charge in [-0.3, -0.25) is 0 Å². The second-order valence-electron chi connectivity index (χ2n) is 3.48. The zero-order chi connectivity index (χ0) is 15.2. The zero-order valence-corrected chi connectivity index (χ0v) is 14.9. The van der Waals surface area contributed by atoms with Gasteiger partial charge >= 0.3 is 16.8 Å². The molecule has 0 N–H and O–H groups in total. The molecule has 116 valence electrons. The highest BCUT2D eigenvalue weighted by molar-refractivity contribution is 8.19. The van der Waals surface area contributed by atoms with Gasteiger partial charge in [-0.25, -0.2) is 8.42 Å². The maximum atomic E-state index is 12.3. The summed E-state index contributed by atoms with van der Waals surface area (Å²) in [7, 11) is -2.48. The number of rotatable bonds is 10. The third-order valence-corrected chi connectivity index (χ3v) is 13.2. The first-order valence-corrected chi connectivity index (χ1v) is 11.4. The van der Waals surface area contributed by atoms with Crippen molar-refractivity contribution in [2.24, 2.45) is 0 Å². The lowest BCUT2D eigenvalue weighted by Crippen LogP contribution is -2.54. The lowest BCUT2D eigenvalue weighted by Gasteiger charge is -2.27. The van der Waals surface area contributed by atoms with E-state index in [-0.39, 0.29) is 11.8 Å². The molecule has 0 aliphatic rings. The highest BCUT2D eigenvalue weighted by Crippen LogP contribution is 2.21. The van der Waals surface area contributed by atoms with Crippen LogP contribution in [0.25, 0.3) is 0 Å². The summed E-state index contributed by atoms with van der Waals surface area (Å²) in [6, 6.07) is 0.0870. The molecule has 19 heavy (non-hydrogen) atoms. The van der Waals surface area contributed by atoms with E-state index in [1.807, 2.05) is 0 Å². The molecule has 0 bridgehead atoms. The molecule has 0 spiro atoms. The molecule has 0 fully saturated rings. The first-order chi connectivity index (χ1) is 8.82. The summed E-state index contributed by atoms with van der Waals surface area (Å²) in [5.74, 6) is -0.267. The van der Waals surface area contributed by atoms with Gasteiger partial charge in [0.1, 0.15) is 0 Å². The molecule has 0 aromatic carbocycles. The van der Waals surface area contributed by atoms with Gasteiger partial charge in [0.2, 0.25) is 9.29 Å². The van der Waals surface area contributed by atoms with Gasteiger partial charge in [-0.05, 0) is 0 Å². The van der Waals surface area contributed by atoms with Crippen LogP contribution >= 0.6 is 0 Å². The van der Waals surface area contributed by atoms with Crippen LogP contribution < -0.4 is 0 Å². The van der Waals surface area contributed by atoms with Gasteiger partial charge < -0.3 is 26.6 Å². The van der Waals surface area contributed by atoms with Gasteiger partial charge in [0.25, 0.3) is 0 Å². The van der Waals surface area contributed by atoms with E-state index in [4.69, 9.17) is 26.6 Å². The SMILES string of the molecule is CO[Si](CCS(=O)(=O)[Si](OC)(OC)OC)(OC)OC. The molecule has 0 rings (SSSR count). The molecular formula is C8H22O8SSi2. The first kappa shape index (κ1) is 19.1. The third-order valence-electron chi connectivity index (χ3n) is 2.74. The van der Waals surface area contributed by atoms with Crippen molar-refractivity contribution in [1.82, 2.24) is 0 Å². The van der Waals surface area contributed by atoms with E-state index in [9.17, 15) is 8.42 Å². The van der Waals surface area contributed by atoms with Crippen LogP contribution in [0.3, 0.4) is 0 Å². The topological polar surface area (TPSA) is 89.5 Å². The van der Waals surface area contributed by atoms with Crippen LogP contribution in [0.2, 0.25) is 6.04 Å². The van der Waals surface area contributed by atoms with Crippen LogP contribution in [0.4, 0.5) is 0 Å². The van der Waals surface area contributed by atoms with E-state index in [1.54, 1.807) is 0 Å². The summed E-state index contributed by atoms with van der Waals surface area (Å²) in [6.45, 7) is 0. The largest absolute Gasteiger partial charge is 0.634 e. The van der Waals surface area contributed by atoms with Crippen molar-refractivity contribution in [1.29, 1.82) is 0 Å². The maximum absolute atomic E-state index is 12.3. The van der Waals surface area contributed by atoms with Crippen molar-refractivity contribution in [3.63, 3.8) is 0 Å². The Morgan fingerprint density at radius 3 is 1.37 bits per heavy atom. The standard InChI is InChI=1S/C8H22O8SSi2/c1-11-18(12-2,13-3)8-7-17(9,10)19(14-4,15-5)16-6/h7-8H2,1-6H3. The molecule has 0 aliphatic carbocycles. The predicted molar refractivity (Wildman–Crippen MR) is 72.2 cm³/mol. The predicted octanol–water partition coefficient (Wildman–Crippen LogP) is -0.346. The second kappa shape index (κ2) is 7.80. The molecule has 0 aromatic heterocycles. The highest BCUT2D eigenvalue weighted by Gasteiger charge is 2.55. The molecule has 0 saturated heterocycles. The summed E-state index contributed by atoms with van der Waals surface area (Å²) < 4.78 is 55.0.